The molecule has 0 amide bonds. The monoisotopic (exact) mass is 430 g/mol. The molecule has 7 nitrogen and oxygen atoms in total. The van der Waals surface area contributed by atoms with Crippen LogP contribution in [0.15, 0.2) is 24.3 Å². The molecular weight excluding hydrogens is 400 g/mol. The Morgan fingerprint density at radius 3 is 2.19 bits per heavy atom. The lowest BCUT2D eigenvalue weighted by atomic mass is 9.66. The lowest BCUT2D eigenvalue weighted by Gasteiger charge is -2.40. The summed E-state index contributed by atoms with van der Waals surface area (Å²) in [6.07, 6.45) is 0.841. The van der Waals surface area contributed by atoms with Gasteiger partial charge < -0.3 is 33.2 Å². The van der Waals surface area contributed by atoms with Gasteiger partial charge in [0.05, 0.1) is 27.9 Å². The van der Waals surface area contributed by atoms with Gasteiger partial charge in [-0.2, -0.15) is 0 Å². The second-order valence-corrected chi connectivity index (χ2v) is 7.85. The SMILES string of the molecule is COCC1Cc2cc(OC)c3c(c2[C@H](c2ccc(OC)c(OC)c2)[C@H]1COC)OCO3. The fourth-order valence-corrected chi connectivity index (χ4v) is 4.97. The van der Waals surface area contributed by atoms with E-state index in [1.807, 2.05) is 12.1 Å². The highest BCUT2D eigenvalue weighted by atomic mass is 16.7. The molecule has 4 rings (SSSR count). The van der Waals surface area contributed by atoms with Gasteiger partial charge in [-0.25, -0.2) is 0 Å². The molecule has 1 aliphatic heterocycles. The van der Waals surface area contributed by atoms with Crippen LogP contribution < -0.4 is 23.7 Å². The zero-order valence-electron chi connectivity index (χ0n) is 18.7. The molecule has 0 saturated carbocycles. The molecule has 3 atom stereocenters. The summed E-state index contributed by atoms with van der Waals surface area (Å²) in [7, 11) is 8.42. The summed E-state index contributed by atoms with van der Waals surface area (Å²) in [4.78, 5) is 0. The molecule has 168 valence electrons. The zero-order chi connectivity index (χ0) is 22.0. The molecule has 1 heterocycles. The number of methoxy groups -OCH3 is 5. The van der Waals surface area contributed by atoms with Gasteiger partial charge in [-0.05, 0) is 47.6 Å². The quantitative estimate of drug-likeness (QED) is 0.633. The Morgan fingerprint density at radius 1 is 0.806 bits per heavy atom. The number of hydrogen-bond acceptors (Lipinski definition) is 7. The van der Waals surface area contributed by atoms with Crippen molar-refractivity contribution in [3.8, 4) is 28.7 Å². The first-order valence-electron chi connectivity index (χ1n) is 10.4. The summed E-state index contributed by atoms with van der Waals surface area (Å²) in [6.45, 7) is 1.40. The molecule has 2 aromatic rings. The fourth-order valence-electron chi connectivity index (χ4n) is 4.97. The van der Waals surface area contributed by atoms with E-state index < -0.39 is 0 Å². The number of hydrogen-bond donors (Lipinski definition) is 0. The summed E-state index contributed by atoms with van der Waals surface area (Å²) in [6, 6.07) is 8.14. The van der Waals surface area contributed by atoms with Gasteiger partial charge in [0.2, 0.25) is 12.5 Å². The van der Waals surface area contributed by atoms with E-state index in [1.54, 1.807) is 35.5 Å². The van der Waals surface area contributed by atoms with Crippen LogP contribution in [0.5, 0.6) is 28.7 Å². The van der Waals surface area contributed by atoms with Crippen molar-refractivity contribution in [2.24, 2.45) is 11.8 Å². The molecule has 31 heavy (non-hydrogen) atoms. The minimum Gasteiger partial charge on any atom is -0.493 e. The zero-order valence-corrected chi connectivity index (χ0v) is 18.7. The minimum absolute atomic E-state index is 0.00464. The van der Waals surface area contributed by atoms with Crippen molar-refractivity contribution in [3.05, 3.63) is 41.0 Å². The van der Waals surface area contributed by atoms with Crippen molar-refractivity contribution in [2.45, 2.75) is 12.3 Å². The fraction of sp³-hybridized carbons (Fsp3) is 0.500. The molecule has 2 aliphatic rings. The summed E-state index contributed by atoms with van der Waals surface area (Å²) >= 11 is 0. The van der Waals surface area contributed by atoms with E-state index in [0.717, 1.165) is 23.3 Å². The molecule has 0 fully saturated rings. The first kappa shape index (κ1) is 21.6. The maximum atomic E-state index is 5.98. The van der Waals surface area contributed by atoms with Gasteiger partial charge in [0.1, 0.15) is 0 Å². The van der Waals surface area contributed by atoms with Gasteiger partial charge in [0, 0.05) is 32.3 Å². The third kappa shape index (κ3) is 3.77. The molecule has 0 N–H and O–H groups in total. The number of fused-ring (bicyclic) bond motifs is 3. The highest BCUT2D eigenvalue weighted by Crippen LogP contribution is 2.55. The van der Waals surface area contributed by atoms with Gasteiger partial charge in [-0.3, -0.25) is 0 Å². The molecular formula is C24H30O7. The Balaban J connectivity index is 1.93. The van der Waals surface area contributed by atoms with Crippen molar-refractivity contribution < 1.29 is 33.2 Å². The van der Waals surface area contributed by atoms with Gasteiger partial charge >= 0.3 is 0 Å². The molecule has 0 bridgehead atoms. The van der Waals surface area contributed by atoms with Crippen molar-refractivity contribution in [2.75, 3.05) is 55.6 Å². The third-order valence-corrected chi connectivity index (χ3v) is 6.29. The molecule has 7 heteroatoms. The van der Waals surface area contributed by atoms with Crippen LogP contribution in [-0.2, 0) is 15.9 Å². The molecule has 1 unspecified atom stereocenters. The number of rotatable bonds is 8. The Hall–Kier alpha value is -2.64. The van der Waals surface area contributed by atoms with Crippen molar-refractivity contribution in [1.29, 1.82) is 0 Å². The summed E-state index contributed by atoms with van der Waals surface area (Å²) in [5.74, 6) is 3.94. The van der Waals surface area contributed by atoms with E-state index in [0.29, 0.717) is 36.2 Å². The minimum atomic E-state index is 0.00464. The van der Waals surface area contributed by atoms with Crippen molar-refractivity contribution in [1.82, 2.24) is 0 Å². The molecule has 1 aliphatic carbocycles. The van der Waals surface area contributed by atoms with Crippen LogP contribution in [0.3, 0.4) is 0 Å². The Bertz CT molecular complexity index is 927. The van der Waals surface area contributed by atoms with Crippen LogP contribution >= 0.6 is 0 Å². The maximum Gasteiger partial charge on any atom is 0.231 e. The van der Waals surface area contributed by atoms with E-state index in [2.05, 4.69) is 12.1 Å². The molecule has 0 saturated heterocycles. The second-order valence-electron chi connectivity index (χ2n) is 7.85. The van der Waals surface area contributed by atoms with Crippen LogP contribution in [0.4, 0.5) is 0 Å². The Kier molecular flexibility index (Phi) is 6.43. The van der Waals surface area contributed by atoms with Gasteiger partial charge in [-0.15, -0.1) is 0 Å². The van der Waals surface area contributed by atoms with E-state index in [-0.39, 0.29) is 24.5 Å². The first-order chi connectivity index (χ1) is 15.2. The lowest BCUT2D eigenvalue weighted by Crippen LogP contribution is -2.36. The van der Waals surface area contributed by atoms with Crippen LogP contribution in [0, 0.1) is 11.8 Å². The summed E-state index contributed by atoms with van der Waals surface area (Å²) in [5.41, 5.74) is 3.40. The van der Waals surface area contributed by atoms with Crippen LogP contribution in [0.1, 0.15) is 22.6 Å². The van der Waals surface area contributed by atoms with Crippen molar-refractivity contribution >= 4 is 0 Å². The van der Waals surface area contributed by atoms with E-state index >= 15 is 0 Å². The highest BCUT2D eigenvalue weighted by molar-refractivity contribution is 5.64. The molecule has 0 radical (unpaired) electrons. The van der Waals surface area contributed by atoms with E-state index in [9.17, 15) is 0 Å². The standard InChI is InChI=1S/C24H30O7/c1-25-11-16-8-15-10-20(29-5)23-24(31-13-30-23)22(15)21(17(16)12-26-2)14-6-7-18(27-3)19(9-14)28-4/h6-7,9-10,16-17,21H,8,11-13H2,1-5H3/t16?,17-,21+/m0/s1. The predicted octanol–water partition coefficient (Wildman–Crippen LogP) is 3.65. The maximum absolute atomic E-state index is 5.98. The van der Waals surface area contributed by atoms with Gasteiger partial charge in [0.15, 0.2) is 23.0 Å². The highest BCUT2D eigenvalue weighted by Gasteiger charge is 2.42. The average Bonchev–Trinajstić information content (AvgIpc) is 3.29. The third-order valence-electron chi connectivity index (χ3n) is 6.29. The first-order valence-corrected chi connectivity index (χ1v) is 10.4. The molecule has 2 aromatic carbocycles. The molecule has 0 aromatic heterocycles. The molecule has 0 spiro atoms. The Morgan fingerprint density at radius 2 is 1.52 bits per heavy atom. The van der Waals surface area contributed by atoms with Crippen LogP contribution in [0.2, 0.25) is 0 Å². The largest absolute Gasteiger partial charge is 0.493 e. The summed E-state index contributed by atoms with van der Waals surface area (Å²) in [5, 5.41) is 0. The van der Waals surface area contributed by atoms with E-state index in [4.69, 9.17) is 33.2 Å². The van der Waals surface area contributed by atoms with Gasteiger partial charge in [0.25, 0.3) is 0 Å². The number of benzene rings is 2. The topological polar surface area (TPSA) is 64.6 Å². The smallest absolute Gasteiger partial charge is 0.231 e. The summed E-state index contributed by atoms with van der Waals surface area (Å²) < 4.78 is 39.7. The predicted molar refractivity (Wildman–Crippen MR) is 115 cm³/mol. The normalized spacial score (nSPS) is 21.5. The average molecular weight is 430 g/mol. The number of ether oxygens (including phenoxy) is 7. The second kappa shape index (κ2) is 9.24. The van der Waals surface area contributed by atoms with E-state index in [1.165, 1.54) is 5.56 Å². The van der Waals surface area contributed by atoms with Crippen LogP contribution in [-0.4, -0.2) is 55.6 Å². The van der Waals surface area contributed by atoms with Crippen LogP contribution in [0.25, 0.3) is 0 Å². The van der Waals surface area contributed by atoms with Gasteiger partial charge in [-0.1, -0.05) is 6.07 Å². The Labute approximate surface area is 183 Å². The van der Waals surface area contributed by atoms with Crippen molar-refractivity contribution in [3.63, 3.8) is 0 Å². The lowest BCUT2D eigenvalue weighted by molar-refractivity contribution is 0.0559.